The quantitative estimate of drug-likeness (QED) is 0.358. The smallest absolute Gasteiger partial charge is 0.333 e. The van der Waals surface area contributed by atoms with Crippen LogP contribution >= 0.6 is 0 Å². The minimum atomic E-state index is -0.324. The van der Waals surface area contributed by atoms with Crippen molar-refractivity contribution < 1.29 is 14.3 Å². The van der Waals surface area contributed by atoms with E-state index in [0.717, 1.165) is 12.8 Å². The van der Waals surface area contributed by atoms with Gasteiger partial charge < -0.3 is 9.53 Å². The topological polar surface area (TPSA) is 43.4 Å². The Hall–Kier alpha value is -1.12. The van der Waals surface area contributed by atoms with E-state index in [9.17, 15) is 9.59 Å². The number of carbonyl (C=O) groups is 2. The van der Waals surface area contributed by atoms with Crippen LogP contribution in [0.1, 0.15) is 39.5 Å². The molecule has 0 aromatic heterocycles. The predicted octanol–water partition coefficient (Wildman–Crippen LogP) is 2.26. The van der Waals surface area contributed by atoms with Gasteiger partial charge in [0, 0.05) is 12.0 Å². The Morgan fingerprint density at radius 1 is 1.21 bits per heavy atom. The minimum Gasteiger partial charge on any atom is -0.463 e. The Labute approximate surface area is 85.1 Å². The summed E-state index contributed by atoms with van der Waals surface area (Å²) in [6, 6.07) is 0. The van der Waals surface area contributed by atoms with Gasteiger partial charge in [-0.15, -0.1) is 0 Å². The standard InChI is InChI=1S/C11H18O3/c1-4-14-11(13)9(2)7-5-6-8-10(3)12/h2,4-8H2,1,3H3. The molecular formula is C11H18O3. The molecule has 0 saturated heterocycles. The molecule has 0 N–H and O–H groups in total. The third-order valence-corrected chi connectivity index (χ3v) is 1.82. The number of hydrogen-bond acceptors (Lipinski definition) is 3. The fourth-order valence-electron chi connectivity index (χ4n) is 1.05. The summed E-state index contributed by atoms with van der Waals surface area (Å²) in [7, 11) is 0. The zero-order chi connectivity index (χ0) is 11.0. The molecule has 0 heterocycles. The van der Waals surface area contributed by atoms with Crippen molar-refractivity contribution in [2.24, 2.45) is 0 Å². The van der Waals surface area contributed by atoms with E-state index in [2.05, 4.69) is 6.58 Å². The van der Waals surface area contributed by atoms with Gasteiger partial charge in [0.1, 0.15) is 5.78 Å². The van der Waals surface area contributed by atoms with Crippen LogP contribution in [-0.2, 0) is 14.3 Å². The summed E-state index contributed by atoms with van der Waals surface area (Å²) in [6.07, 6.45) is 2.83. The van der Waals surface area contributed by atoms with Crippen LogP contribution in [0.5, 0.6) is 0 Å². The van der Waals surface area contributed by atoms with Gasteiger partial charge in [0.2, 0.25) is 0 Å². The van der Waals surface area contributed by atoms with E-state index in [0.29, 0.717) is 25.0 Å². The molecule has 0 aliphatic heterocycles. The second-order valence-electron chi connectivity index (χ2n) is 3.23. The highest BCUT2D eigenvalue weighted by Crippen LogP contribution is 2.08. The molecule has 0 rings (SSSR count). The number of Topliss-reactive ketones (excluding diaryl/α,β-unsaturated/α-hetero) is 1. The number of ketones is 1. The van der Waals surface area contributed by atoms with Crippen molar-refractivity contribution in [3.05, 3.63) is 12.2 Å². The average Bonchev–Trinajstić information content (AvgIpc) is 2.12. The zero-order valence-corrected chi connectivity index (χ0v) is 8.97. The van der Waals surface area contributed by atoms with Crippen LogP contribution in [0.4, 0.5) is 0 Å². The molecule has 0 radical (unpaired) electrons. The molecule has 0 saturated carbocycles. The molecule has 3 heteroatoms. The van der Waals surface area contributed by atoms with Gasteiger partial charge in [0.05, 0.1) is 6.61 Å². The van der Waals surface area contributed by atoms with Gasteiger partial charge in [-0.25, -0.2) is 4.79 Å². The molecule has 0 bridgehead atoms. The highest BCUT2D eigenvalue weighted by Gasteiger charge is 2.06. The van der Waals surface area contributed by atoms with E-state index in [-0.39, 0.29) is 11.8 Å². The molecule has 14 heavy (non-hydrogen) atoms. The lowest BCUT2D eigenvalue weighted by atomic mass is 10.1. The minimum absolute atomic E-state index is 0.187. The lowest BCUT2D eigenvalue weighted by Gasteiger charge is -2.04. The van der Waals surface area contributed by atoms with Crippen molar-refractivity contribution in [1.82, 2.24) is 0 Å². The molecule has 0 aromatic carbocycles. The van der Waals surface area contributed by atoms with Gasteiger partial charge in [-0.3, -0.25) is 0 Å². The molecule has 0 aromatic rings. The van der Waals surface area contributed by atoms with Gasteiger partial charge in [-0.1, -0.05) is 6.58 Å². The summed E-state index contributed by atoms with van der Waals surface area (Å²) in [6.45, 7) is 7.35. The molecule has 0 aliphatic rings. The fourth-order valence-corrected chi connectivity index (χ4v) is 1.05. The number of rotatable bonds is 7. The number of carbonyl (C=O) groups excluding carboxylic acids is 2. The van der Waals surface area contributed by atoms with Gasteiger partial charge in [0.15, 0.2) is 0 Å². The Morgan fingerprint density at radius 2 is 1.79 bits per heavy atom. The van der Waals surface area contributed by atoms with Crippen molar-refractivity contribution in [3.8, 4) is 0 Å². The van der Waals surface area contributed by atoms with E-state index in [4.69, 9.17) is 4.74 Å². The number of hydrogen-bond donors (Lipinski definition) is 0. The monoisotopic (exact) mass is 198 g/mol. The van der Waals surface area contributed by atoms with Crippen molar-refractivity contribution in [2.75, 3.05) is 6.61 Å². The third kappa shape index (κ3) is 6.40. The van der Waals surface area contributed by atoms with Crippen LogP contribution in [0.15, 0.2) is 12.2 Å². The normalized spacial score (nSPS) is 9.57. The average molecular weight is 198 g/mol. The molecule has 0 amide bonds. The van der Waals surface area contributed by atoms with E-state index in [1.807, 2.05) is 0 Å². The Bertz CT molecular complexity index is 219. The zero-order valence-electron chi connectivity index (χ0n) is 8.97. The van der Waals surface area contributed by atoms with E-state index >= 15 is 0 Å². The summed E-state index contributed by atoms with van der Waals surface area (Å²) in [5, 5.41) is 0. The van der Waals surface area contributed by atoms with E-state index in [1.54, 1.807) is 13.8 Å². The highest BCUT2D eigenvalue weighted by atomic mass is 16.5. The van der Waals surface area contributed by atoms with Gasteiger partial charge in [0.25, 0.3) is 0 Å². The number of ether oxygens (including phenoxy) is 1. The molecule has 0 atom stereocenters. The van der Waals surface area contributed by atoms with Crippen LogP contribution in [0.2, 0.25) is 0 Å². The second-order valence-corrected chi connectivity index (χ2v) is 3.23. The first kappa shape index (κ1) is 12.9. The maximum atomic E-state index is 11.1. The molecular weight excluding hydrogens is 180 g/mol. The van der Waals surface area contributed by atoms with E-state index in [1.165, 1.54) is 0 Å². The fraction of sp³-hybridized carbons (Fsp3) is 0.636. The lowest BCUT2D eigenvalue weighted by Crippen LogP contribution is -2.06. The highest BCUT2D eigenvalue weighted by molar-refractivity contribution is 5.87. The largest absolute Gasteiger partial charge is 0.463 e. The molecule has 0 aliphatic carbocycles. The first-order chi connectivity index (χ1) is 6.57. The van der Waals surface area contributed by atoms with Crippen molar-refractivity contribution >= 4 is 11.8 Å². The van der Waals surface area contributed by atoms with Gasteiger partial charge >= 0.3 is 5.97 Å². The molecule has 0 unspecified atom stereocenters. The summed E-state index contributed by atoms with van der Waals surface area (Å²) in [4.78, 5) is 21.7. The maximum Gasteiger partial charge on any atom is 0.333 e. The summed E-state index contributed by atoms with van der Waals surface area (Å²) in [5.74, 6) is -0.137. The van der Waals surface area contributed by atoms with Crippen LogP contribution < -0.4 is 0 Å². The molecule has 3 nitrogen and oxygen atoms in total. The van der Waals surface area contributed by atoms with Crippen LogP contribution in [0, 0.1) is 0 Å². The molecule has 0 spiro atoms. The number of esters is 1. The Morgan fingerprint density at radius 3 is 2.29 bits per heavy atom. The first-order valence-electron chi connectivity index (χ1n) is 4.92. The summed E-state index contributed by atoms with van der Waals surface area (Å²) in [5.41, 5.74) is 0.496. The SMILES string of the molecule is C=C(CCCCC(C)=O)C(=O)OCC. The van der Waals surface area contributed by atoms with Crippen LogP contribution in [0.25, 0.3) is 0 Å². The summed E-state index contributed by atoms with van der Waals surface area (Å²) >= 11 is 0. The summed E-state index contributed by atoms with van der Waals surface area (Å²) < 4.78 is 4.78. The third-order valence-electron chi connectivity index (χ3n) is 1.82. The van der Waals surface area contributed by atoms with Crippen molar-refractivity contribution in [3.63, 3.8) is 0 Å². The second kappa shape index (κ2) is 7.30. The van der Waals surface area contributed by atoms with Crippen molar-refractivity contribution in [2.45, 2.75) is 39.5 Å². The van der Waals surface area contributed by atoms with E-state index < -0.39 is 0 Å². The molecule has 0 fully saturated rings. The lowest BCUT2D eigenvalue weighted by molar-refractivity contribution is -0.138. The van der Waals surface area contributed by atoms with Crippen LogP contribution in [-0.4, -0.2) is 18.4 Å². The Balaban J connectivity index is 3.53. The van der Waals surface area contributed by atoms with Gasteiger partial charge in [-0.05, 0) is 33.1 Å². The van der Waals surface area contributed by atoms with Gasteiger partial charge in [-0.2, -0.15) is 0 Å². The van der Waals surface area contributed by atoms with Crippen molar-refractivity contribution in [1.29, 1.82) is 0 Å². The first-order valence-corrected chi connectivity index (χ1v) is 4.92. The number of unbranched alkanes of at least 4 members (excludes halogenated alkanes) is 1. The van der Waals surface area contributed by atoms with Crippen LogP contribution in [0.3, 0.4) is 0 Å². The Kier molecular flexibility index (Phi) is 6.72. The molecule has 80 valence electrons. The maximum absolute atomic E-state index is 11.1. The predicted molar refractivity (Wildman–Crippen MR) is 54.9 cm³/mol.